The van der Waals surface area contributed by atoms with Gasteiger partial charge in [0.05, 0.1) is 18.6 Å². The van der Waals surface area contributed by atoms with E-state index in [9.17, 15) is 9.59 Å². The van der Waals surface area contributed by atoms with Crippen LogP contribution >= 0.6 is 0 Å². The van der Waals surface area contributed by atoms with E-state index < -0.39 is 11.5 Å². The number of carbonyl (C=O) groups is 1. The van der Waals surface area contributed by atoms with Gasteiger partial charge in [-0.3, -0.25) is 9.59 Å². The van der Waals surface area contributed by atoms with Crippen molar-refractivity contribution in [3.8, 4) is 17.2 Å². The second-order valence-electron chi connectivity index (χ2n) is 6.22. The van der Waals surface area contributed by atoms with Crippen molar-refractivity contribution in [2.45, 2.75) is 26.7 Å². The molecule has 0 fully saturated rings. The van der Waals surface area contributed by atoms with E-state index in [0.717, 1.165) is 24.2 Å². The van der Waals surface area contributed by atoms with E-state index in [4.69, 9.17) is 9.15 Å². The number of carbonyl (C=O) groups excluding carboxylic acids is 1. The molecule has 27 heavy (non-hydrogen) atoms. The molecule has 0 aliphatic heterocycles. The molecule has 0 radical (unpaired) electrons. The highest BCUT2D eigenvalue weighted by Crippen LogP contribution is 2.22. The van der Waals surface area contributed by atoms with Crippen molar-refractivity contribution in [1.29, 1.82) is 0 Å². The SMILES string of the molecule is CCCCOc1ccc(NC(=O)c2ccc(-c3ccco3)[nH]c2=O)c(C)c1. The van der Waals surface area contributed by atoms with Crippen LogP contribution in [-0.4, -0.2) is 17.5 Å². The van der Waals surface area contributed by atoms with Crippen LogP contribution < -0.4 is 15.6 Å². The molecule has 2 aromatic heterocycles. The highest BCUT2D eigenvalue weighted by atomic mass is 16.5. The second kappa shape index (κ2) is 8.40. The van der Waals surface area contributed by atoms with Crippen LogP contribution in [0.3, 0.4) is 0 Å². The summed E-state index contributed by atoms with van der Waals surface area (Å²) >= 11 is 0. The molecule has 2 heterocycles. The molecule has 0 bridgehead atoms. The molecular weight excluding hydrogens is 344 g/mol. The second-order valence-corrected chi connectivity index (χ2v) is 6.22. The lowest BCUT2D eigenvalue weighted by atomic mass is 10.1. The Hall–Kier alpha value is -3.28. The van der Waals surface area contributed by atoms with Gasteiger partial charge in [-0.25, -0.2) is 0 Å². The smallest absolute Gasteiger partial charge is 0.261 e. The number of anilines is 1. The summed E-state index contributed by atoms with van der Waals surface area (Å²) < 4.78 is 10.9. The summed E-state index contributed by atoms with van der Waals surface area (Å²) in [5, 5.41) is 2.78. The molecule has 0 unspecified atom stereocenters. The number of aromatic nitrogens is 1. The number of aromatic amines is 1. The number of unbranched alkanes of at least 4 members (excludes halogenated alkanes) is 1. The van der Waals surface area contributed by atoms with Gasteiger partial charge in [0.2, 0.25) is 0 Å². The van der Waals surface area contributed by atoms with Crippen LogP contribution in [0.2, 0.25) is 0 Å². The molecular formula is C21H22N2O4. The molecule has 2 N–H and O–H groups in total. The fourth-order valence-electron chi connectivity index (χ4n) is 2.62. The molecule has 0 aliphatic carbocycles. The minimum atomic E-state index is -0.474. The number of hydrogen-bond acceptors (Lipinski definition) is 4. The van der Waals surface area contributed by atoms with Crippen LogP contribution in [0.4, 0.5) is 5.69 Å². The first-order valence-corrected chi connectivity index (χ1v) is 8.90. The van der Waals surface area contributed by atoms with Crippen molar-refractivity contribution in [3.05, 3.63) is 70.2 Å². The zero-order chi connectivity index (χ0) is 19.2. The van der Waals surface area contributed by atoms with Crippen molar-refractivity contribution in [1.82, 2.24) is 4.98 Å². The minimum Gasteiger partial charge on any atom is -0.494 e. The zero-order valence-electron chi connectivity index (χ0n) is 15.4. The van der Waals surface area contributed by atoms with Crippen molar-refractivity contribution >= 4 is 11.6 Å². The number of nitrogens with one attached hydrogen (secondary N) is 2. The zero-order valence-corrected chi connectivity index (χ0v) is 15.4. The maximum absolute atomic E-state index is 12.5. The van der Waals surface area contributed by atoms with Crippen LogP contribution in [0.1, 0.15) is 35.7 Å². The third kappa shape index (κ3) is 4.47. The van der Waals surface area contributed by atoms with Gasteiger partial charge < -0.3 is 19.5 Å². The van der Waals surface area contributed by atoms with E-state index in [-0.39, 0.29) is 5.56 Å². The summed E-state index contributed by atoms with van der Waals surface area (Å²) in [4.78, 5) is 27.4. The van der Waals surface area contributed by atoms with Gasteiger partial charge in [-0.05, 0) is 61.4 Å². The molecule has 3 rings (SSSR count). The molecule has 0 saturated carbocycles. The number of H-pyrrole nitrogens is 1. The summed E-state index contributed by atoms with van der Waals surface area (Å²) in [5.74, 6) is 0.832. The van der Waals surface area contributed by atoms with Crippen molar-refractivity contribution < 1.29 is 13.9 Å². The lowest BCUT2D eigenvalue weighted by molar-refractivity contribution is 0.102. The fraction of sp³-hybridized carbons (Fsp3) is 0.238. The van der Waals surface area contributed by atoms with Crippen molar-refractivity contribution in [3.63, 3.8) is 0 Å². The molecule has 0 saturated heterocycles. The number of pyridine rings is 1. The van der Waals surface area contributed by atoms with Crippen LogP contribution in [0.25, 0.3) is 11.5 Å². The van der Waals surface area contributed by atoms with Crippen LogP contribution in [0.5, 0.6) is 5.75 Å². The first kappa shape index (κ1) is 18.5. The Balaban J connectivity index is 1.72. The molecule has 1 amide bonds. The Kier molecular flexibility index (Phi) is 5.76. The van der Waals surface area contributed by atoms with Crippen LogP contribution in [-0.2, 0) is 0 Å². The minimum absolute atomic E-state index is 0.0352. The Morgan fingerprint density at radius 2 is 2.07 bits per heavy atom. The van der Waals surface area contributed by atoms with Gasteiger partial charge in [0, 0.05) is 5.69 Å². The van der Waals surface area contributed by atoms with E-state index in [1.807, 2.05) is 19.1 Å². The standard InChI is InChI=1S/C21H22N2O4/c1-3-4-11-26-15-7-9-17(14(2)13-15)22-20(24)16-8-10-18(23-21(16)25)19-6-5-12-27-19/h5-10,12-13H,3-4,11H2,1-2H3,(H,22,24)(H,23,25). The largest absolute Gasteiger partial charge is 0.494 e. The Labute approximate surface area is 157 Å². The molecule has 1 aromatic carbocycles. The van der Waals surface area contributed by atoms with Gasteiger partial charge in [-0.15, -0.1) is 0 Å². The van der Waals surface area contributed by atoms with Crippen molar-refractivity contribution in [2.24, 2.45) is 0 Å². The number of hydrogen-bond donors (Lipinski definition) is 2. The van der Waals surface area contributed by atoms with Gasteiger partial charge in [0.15, 0.2) is 0 Å². The summed E-state index contributed by atoms with van der Waals surface area (Å²) in [6.45, 7) is 4.65. The number of rotatable bonds is 7. The highest BCUT2D eigenvalue weighted by Gasteiger charge is 2.14. The lowest BCUT2D eigenvalue weighted by Gasteiger charge is -2.11. The van der Waals surface area contributed by atoms with Gasteiger partial charge in [-0.2, -0.15) is 0 Å². The number of amides is 1. The fourth-order valence-corrected chi connectivity index (χ4v) is 2.62. The number of furan rings is 1. The highest BCUT2D eigenvalue weighted by molar-refractivity contribution is 6.04. The summed E-state index contributed by atoms with van der Waals surface area (Å²) in [7, 11) is 0. The van der Waals surface area contributed by atoms with E-state index in [1.165, 1.54) is 12.3 Å². The van der Waals surface area contributed by atoms with E-state index in [1.54, 1.807) is 24.3 Å². The normalized spacial score (nSPS) is 10.6. The predicted molar refractivity (Wildman–Crippen MR) is 104 cm³/mol. The first-order valence-electron chi connectivity index (χ1n) is 8.90. The average molecular weight is 366 g/mol. The number of benzene rings is 1. The molecule has 6 heteroatoms. The number of aryl methyl sites for hydroxylation is 1. The third-order valence-electron chi connectivity index (χ3n) is 4.15. The Morgan fingerprint density at radius 1 is 1.22 bits per heavy atom. The predicted octanol–water partition coefficient (Wildman–Crippen LogP) is 4.37. The van der Waals surface area contributed by atoms with Gasteiger partial charge >= 0.3 is 0 Å². The molecule has 0 spiro atoms. The summed E-state index contributed by atoms with van der Waals surface area (Å²) in [5.41, 5.74) is 1.58. The van der Waals surface area contributed by atoms with E-state index in [0.29, 0.717) is 23.7 Å². The van der Waals surface area contributed by atoms with Gasteiger partial charge in [0.1, 0.15) is 17.1 Å². The molecule has 6 nitrogen and oxygen atoms in total. The topological polar surface area (TPSA) is 84.3 Å². The maximum Gasteiger partial charge on any atom is 0.261 e. The maximum atomic E-state index is 12.5. The number of ether oxygens (including phenoxy) is 1. The first-order chi connectivity index (χ1) is 13.1. The Morgan fingerprint density at radius 3 is 2.74 bits per heavy atom. The summed E-state index contributed by atoms with van der Waals surface area (Å²) in [6, 6.07) is 12.1. The van der Waals surface area contributed by atoms with Crippen LogP contribution in [0.15, 0.2) is 57.9 Å². The lowest BCUT2D eigenvalue weighted by Crippen LogP contribution is -2.23. The van der Waals surface area contributed by atoms with E-state index in [2.05, 4.69) is 17.2 Å². The van der Waals surface area contributed by atoms with E-state index >= 15 is 0 Å². The third-order valence-corrected chi connectivity index (χ3v) is 4.15. The average Bonchev–Trinajstić information content (AvgIpc) is 3.18. The van der Waals surface area contributed by atoms with Crippen molar-refractivity contribution in [2.75, 3.05) is 11.9 Å². The quantitative estimate of drug-likeness (QED) is 0.608. The van der Waals surface area contributed by atoms with Gasteiger partial charge in [-0.1, -0.05) is 13.3 Å². The molecule has 0 aliphatic rings. The monoisotopic (exact) mass is 366 g/mol. The molecule has 140 valence electrons. The van der Waals surface area contributed by atoms with Gasteiger partial charge in [0.25, 0.3) is 11.5 Å². The van der Waals surface area contributed by atoms with Crippen LogP contribution in [0, 0.1) is 6.92 Å². The Bertz CT molecular complexity index is 974. The molecule has 0 atom stereocenters. The molecule has 3 aromatic rings. The summed E-state index contributed by atoms with van der Waals surface area (Å²) in [6.07, 6.45) is 3.58.